The van der Waals surface area contributed by atoms with Gasteiger partial charge >= 0.3 is 0 Å². The number of Topliss-reactive ketones (excluding diaryl/α,β-unsaturated/α-hetero) is 2. The molecule has 0 aliphatic heterocycles. The molecule has 0 aromatic heterocycles. The van der Waals surface area contributed by atoms with Gasteiger partial charge in [0.1, 0.15) is 22.8 Å². The molecule has 1 aromatic carbocycles. The third kappa shape index (κ3) is 2.90. The number of thioether (sulfide) groups is 1. The highest BCUT2D eigenvalue weighted by Gasteiger charge is 2.67. The summed E-state index contributed by atoms with van der Waals surface area (Å²) >= 11 is 1.42. The summed E-state index contributed by atoms with van der Waals surface area (Å²) in [7, 11) is 0. The van der Waals surface area contributed by atoms with Crippen LogP contribution in [0, 0.1) is 17.8 Å². The number of hydrogen-bond donors (Lipinski definition) is 6. The van der Waals surface area contributed by atoms with Gasteiger partial charge in [0.05, 0.1) is 11.7 Å². The van der Waals surface area contributed by atoms with Crippen LogP contribution in [-0.2, 0) is 14.4 Å². The number of benzene rings is 1. The van der Waals surface area contributed by atoms with Crippen LogP contribution in [0.15, 0.2) is 35.1 Å². The fraction of sp³-hybridized carbons (Fsp3) is 0.435. The van der Waals surface area contributed by atoms with E-state index in [4.69, 9.17) is 5.73 Å². The van der Waals surface area contributed by atoms with Crippen molar-refractivity contribution in [2.45, 2.75) is 31.0 Å². The lowest BCUT2D eigenvalue weighted by Gasteiger charge is -2.53. The van der Waals surface area contributed by atoms with Crippen LogP contribution in [0.1, 0.15) is 30.4 Å². The lowest BCUT2D eigenvalue weighted by atomic mass is 9.52. The SMILES string of the molecule is CC[C@@H]1C(=O)C(C(N)=O)=C(O)[C@@]2(O)C(=O)C3=C(O)c4c(O)cccc4[C@H](CSC)C3C(O)C12. The number of aliphatic hydroxyl groups excluding tert-OH is 3. The average molecular weight is 476 g/mol. The molecule has 3 aliphatic rings. The number of phenolic OH excluding ortho intramolecular Hbond substituents is 1. The summed E-state index contributed by atoms with van der Waals surface area (Å²) in [5, 5.41) is 55.3. The van der Waals surface area contributed by atoms with E-state index >= 15 is 0 Å². The fourth-order valence-electron chi connectivity index (χ4n) is 5.81. The first-order valence-corrected chi connectivity index (χ1v) is 11.9. The minimum absolute atomic E-state index is 0.00271. The van der Waals surface area contributed by atoms with Crippen LogP contribution in [0.25, 0.3) is 5.76 Å². The predicted octanol–water partition coefficient (Wildman–Crippen LogP) is 0.935. The lowest BCUT2D eigenvalue weighted by molar-refractivity contribution is -0.168. The number of carbonyl (C=O) groups excluding carboxylic acids is 3. The van der Waals surface area contributed by atoms with E-state index in [1.54, 1.807) is 19.1 Å². The fourth-order valence-corrected chi connectivity index (χ4v) is 6.55. The summed E-state index contributed by atoms with van der Waals surface area (Å²) in [5.41, 5.74) is 1.69. The molecule has 10 heteroatoms. The zero-order chi connectivity index (χ0) is 24.4. The number of phenols is 1. The van der Waals surface area contributed by atoms with Crippen molar-refractivity contribution < 1.29 is 39.9 Å². The van der Waals surface area contributed by atoms with Crippen molar-refractivity contribution in [3.05, 3.63) is 46.2 Å². The Labute approximate surface area is 193 Å². The molecule has 33 heavy (non-hydrogen) atoms. The van der Waals surface area contributed by atoms with Crippen molar-refractivity contribution in [2.24, 2.45) is 23.5 Å². The van der Waals surface area contributed by atoms with Gasteiger partial charge < -0.3 is 31.3 Å². The van der Waals surface area contributed by atoms with Gasteiger partial charge in [-0.05, 0) is 24.3 Å². The minimum atomic E-state index is -2.84. The van der Waals surface area contributed by atoms with Gasteiger partial charge in [0, 0.05) is 35.0 Å². The topological polar surface area (TPSA) is 178 Å². The van der Waals surface area contributed by atoms with Gasteiger partial charge in [-0.25, -0.2) is 0 Å². The van der Waals surface area contributed by atoms with Crippen LogP contribution in [0.4, 0.5) is 0 Å². The molecule has 1 fully saturated rings. The zero-order valence-corrected chi connectivity index (χ0v) is 18.8. The van der Waals surface area contributed by atoms with Gasteiger partial charge in [-0.1, -0.05) is 19.1 Å². The van der Waals surface area contributed by atoms with Crippen molar-refractivity contribution in [3.63, 3.8) is 0 Å². The number of fused-ring (bicyclic) bond motifs is 3. The highest BCUT2D eigenvalue weighted by molar-refractivity contribution is 7.98. The molecule has 1 aromatic rings. The van der Waals surface area contributed by atoms with Crippen LogP contribution in [0.3, 0.4) is 0 Å². The van der Waals surface area contributed by atoms with Crippen molar-refractivity contribution in [3.8, 4) is 5.75 Å². The molecule has 1 saturated carbocycles. The van der Waals surface area contributed by atoms with E-state index in [0.29, 0.717) is 11.3 Å². The van der Waals surface area contributed by atoms with E-state index in [9.17, 15) is 39.9 Å². The van der Waals surface area contributed by atoms with E-state index < -0.39 is 69.9 Å². The molecule has 4 rings (SSSR count). The molecule has 3 unspecified atom stereocenters. The second-order valence-corrected chi connectivity index (χ2v) is 9.58. The molecular formula is C23H25NO8S. The number of rotatable bonds is 4. The number of hydrogen-bond acceptors (Lipinski definition) is 9. The number of primary amides is 1. The normalized spacial score (nSPS) is 33.5. The average Bonchev–Trinajstić information content (AvgIpc) is 2.75. The Kier molecular flexibility index (Phi) is 5.58. The summed E-state index contributed by atoms with van der Waals surface area (Å²) in [5.74, 6) is -9.24. The highest BCUT2D eigenvalue weighted by Crippen LogP contribution is 2.57. The molecule has 0 saturated heterocycles. The smallest absolute Gasteiger partial charge is 0.255 e. The summed E-state index contributed by atoms with van der Waals surface area (Å²) in [6.07, 6.45) is 0.339. The number of aromatic hydroxyl groups is 1. The van der Waals surface area contributed by atoms with E-state index in [2.05, 4.69) is 0 Å². The van der Waals surface area contributed by atoms with Gasteiger partial charge in [0.15, 0.2) is 11.4 Å². The molecule has 0 spiro atoms. The van der Waals surface area contributed by atoms with Crippen LogP contribution in [-0.4, -0.2) is 66.7 Å². The van der Waals surface area contributed by atoms with Crippen LogP contribution < -0.4 is 5.73 Å². The number of amides is 1. The van der Waals surface area contributed by atoms with Gasteiger partial charge in [0.25, 0.3) is 5.91 Å². The Hall–Kier alpha value is -2.82. The maximum absolute atomic E-state index is 13.8. The van der Waals surface area contributed by atoms with E-state index in [1.165, 1.54) is 17.8 Å². The molecule has 0 bridgehead atoms. The number of carbonyl (C=O) groups is 3. The highest BCUT2D eigenvalue weighted by atomic mass is 32.2. The molecular weight excluding hydrogens is 450 g/mol. The van der Waals surface area contributed by atoms with Crippen LogP contribution in [0.2, 0.25) is 0 Å². The van der Waals surface area contributed by atoms with Crippen LogP contribution in [0.5, 0.6) is 5.75 Å². The van der Waals surface area contributed by atoms with Crippen molar-refractivity contribution in [2.75, 3.05) is 12.0 Å². The molecule has 176 valence electrons. The molecule has 0 radical (unpaired) electrons. The Morgan fingerprint density at radius 1 is 1.18 bits per heavy atom. The second kappa shape index (κ2) is 7.89. The van der Waals surface area contributed by atoms with Gasteiger partial charge in [0.2, 0.25) is 5.78 Å². The van der Waals surface area contributed by atoms with Crippen molar-refractivity contribution in [1.82, 2.24) is 0 Å². The number of aliphatic hydroxyl groups is 4. The maximum atomic E-state index is 13.8. The van der Waals surface area contributed by atoms with Gasteiger partial charge in [-0.3, -0.25) is 14.4 Å². The first-order valence-electron chi connectivity index (χ1n) is 10.5. The standard InChI is InChI=1S/C23H25NO8S/c1-3-8-16-19(28)13-10(7-33-2)9-5-4-6-11(25)12(9)18(27)14(13)20(29)23(16,32)21(30)15(17(8)26)22(24)31/h4-6,8,10,13,16,19,25,27-28,30,32H,3,7H2,1-2H3,(H2,24,31)/t8-,10-,13?,16?,19?,23-/m0/s1. The van der Waals surface area contributed by atoms with Crippen molar-refractivity contribution in [1.29, 1.82) is 0 Å². The summed E-state index contributed by atoms with van der Waals surface area (Å²) in [6, 6.07) is 4.59. The summed E-state index contributed by atoms with van der Waals surface area (Å²) in [4.78, 5) is 38.7. The summed E-state index contributed by atoms with van der Waals surface area (Å²) in [6.45, 7) is 1.59. The Morgan fingerprint density at radius 2 is 1.85 bits per heavy atom. The lowest BCUT2D eigenvalue weighted by Crippen LogP contribution is -2.66. The number of nitrogens with two attached hydrogens (primary N) is 1. The molecule has 0 heterocycles. The molecule has 7 N–H and O–H groups in total. The van der Waals surface area contributed by atoms with E-state index in [0.717, 1.165) is 0 Å². The molecule has 9 nitrogen and oxygen atoms in total. The first kappa shape index (κ1) is 23.3. The van der Waals surface area contributed by atoms with Gasteiger partial charge in [-0.15, -0.1) is 0 Å². The molecule has 1 amide bonds. The third-order valence-corrected chi connectivity index (χ3v) is 7.88. The van der Waals surface area contributed by atoms with Crippen molar-refractivity contribution >= 4 is 35.0 Å². The molecule has 3 aliphatic carbocycles. The van der Waals surface area contributed by atoms with Gasteiger partial charge in [-0.2, -0.15) is 11.8 Å². The van der Waals surface area contributed by atoms with E-state index in [-0.39, 0.29) is 23.3 Å². The third-order valence-electron chi connectivity index (χ3n) is 7.19. The second-order valence-electron chi connectivity index (χ2n) is 8.67. The first-order chi connectivity index (χ1) is 15.5. The zero-order valence-electron chi connectivity index (χ0n) is 18.0. The van der Waals surface area contributed by atoms with Crippen LogP contribution >= 0.6 is 11.8 Å². The van der Waals surface area contributed by atoms with E-state index in [1.807, 2.05) is 6.26 Å². The maximum Gasteiger partial charge on any atom is 0.255 e. The molecule has 6 atom stereocenters. The quantitative estimate of drug-likeness (QED) is 0.346. The Bertz CT molecular complexity index is 1140. The minimum Gasteiger partial charge on any atom is -0.508 e. The monoisotopic (exact) mass is 475 g/mol. The Morgan fingerprint density at radius 3 is 2.42 bits per heavy atom. The number of ketones is 2. The largest absolute Gasteiger partial charge is 0.508 e. The predicted molar refractivity (Wildman–Crippen MR) is 119 cm³/mol. The Balaban J connectivity index is 2.06. The summed E-state index contributed by atoms with van der Waals surface area (Å²) < 4.78 is 0.